The molecule has 2 heteroatoms. The molecule has 0 saturated heterocycles. The van der Waals surface area contributed by atoms with E-state index in [0.29, 0.717) is 6.61 Å². The van der Waals surface area contributed by atoms with Crippen LogP contribution in [-0.2, 0) is 0 Å². The van der Waals surface area contributed by atoms with Gasteiger partial charge in [0.05, 0.1) is 6.61 Å². The molecule has 1 nitrogen and oxygen atoms in total. The molecule has 0 aliphatic heterocycles. The molecule has 13 heavy (non-hydrogen) atoms. The van der Waals surface area contributed by atoms with Gasteiger partial charge in [0, 0.05) is 4.70 Å². The van der Waals surface area contributed by atoms with Crippen LogP contribution >= 0.6 is 11.3 Å². The SMILES string of the molecule is [CH2]c1csc2cc(OCC)ccc12. The lowest BCUT2D eigenvalue weighted by Gasteiger charge is -2.01. The molecule has 0 atom stereocenters. The van der Waals surface area contributed by atoms with Gasteiger partial charge in [0.1, 0.15) is 5.75 Å². The van der Waals surface area contributed by atoms with E-state index in [9.17, 15) is 0 Å². The highest BCUT2D eigenvalue weighted by atomic mass is 32.1. The van der Waals surface area contributed by atoms with Crippen molar-refractivity contribution in [2.24, 2.45) is 0 Å². The van der Waals surface area contributed by atoms with Crippen LogP contribution in [0.5, 0.6) is 5.75 Å². The van der Waals surface area contributed by atoms with Crippen LogP contribution in [0.1, 0.15) is 12.5 Å². The second-order valence-electron chi connectivity index (χ2n) is 2.85. The van der Waals surface area contributed by atoms with E-state index in [0.717, 1.165) is 11.3 Å². The number of rotatable bonds is 2. The molecule has 0 aliphatic rings. The standard InChI is InChI=1S/C11H11OS/c1-3-12-9-4-5-10-8(2)7-13-11(10)6-9/h4-7H,2-3H2,1H3. The van der Waals surface area contributed by atoms with Crippen molar-refractivity contribution >= 4 is 21.4 Å². The summed E-state index contributed by atoms with van der Waals surface area (Å²) in [5.41, 5.74) is 1.10. The molecule has 67 valence electrons. The molecule has 1 heterocycles. The van der Waals surface area contributed by atoms with Crippen LogP contribution in [0.15, 0.2) is 23.6 Å². The van der Waals surface area contributed by atoms with Crippen LogP contribution in [0.2, 0.25) is 0 Å². The van der Waals surface area contributed by atoms with Gasteiger partial charge < -0.3 is 4.74 Å². The molecule has 0 N–H and O–H groups in total. The molecule has 0 bridgehead atoms. The number of fused-ring (bicyclic) bond motifs is 1. The summed E-state index contributed by atoms with van der Waals surface area (Å²) in [6.45, 7) is 6.66. The Bertz CT molecular complexity index is 417. The molecule has 2 aromatic rings. The zero-order valence-electron chi connectivity index (χ0n) is 7.54. The van der Waals surface area contributed by atoms with Gasteiger partial charge in [0.2, 0.25) is 0 Å². The lowest BCUT2D eigenvalue weighted by Crippen LogP contribution is -1.89. The predicted molar refractivity (Wildman–Crippen MR) is 57.5 cm³/mol. The van der Waals surface area contributed by atoms with Crippen LogP contribution in [0, 0.1) is 6.92 Å². The van der Waals surface area contributed by atoms with Gasteiger partial charge in [-0.25, -0.2) is 0 Å². The van der Waals surface area contributed by atoms with Crippen molar-refractivity contribution in [3.8, 4) is 5.75 Å². The van der Waals surface area contributed by atoms with E-state index >= 15 is 0 Å². The van der Waals surface area contributed by atoms with Crippen molar-refractivity contribution in [1.29, 1.82) is 0 Å². The number of thiophene rings is 1. The van der Waals surface area contributed by atoms with Crippen molar-refractivity contribution in [3.05, 3.63) is 36.1 Å². The average molecular weight is 191 g/mol. The number of ether oxygens (including phenoxy) is 1. The zero-order valence-corrected chi connectivity index (χ0v) is 8.36. The fourth-order valence-corrected chi connectivity index (χ4v) is 2.23. The van der Waals surface area contributed by atoms with Gasteiger partial charge in [-0.05, 0) is 48.4 Å². The third-order valence-corrected chi connectivity index (χ3v) is 2.93. The van der Waals surface area contributed by atoms with Gasteiger partial charge in [0.25, 0.3) is 0 Å². The normalized spacial score (nSPS) is 10.6. The zero-order chi connectivity index (χ0) is 9.26. The maximum absolute atomic E-state index is 5.41. The largest absolute Gasteiger partial charge is 0.494 e. The van der Waals surface area contributed by atoms with Gasteiger partial charge in [-0.15, -0.1) is 11.3 Å². The molecule has 1 aromatic heterocycles. The van der Waals surface area contributed by atoms with Crippen LogP contribution in [0.3, 0.4) is 0 Å². The van der Waals surface area contributed by atoms with E-state index in [1.807, 2.05) is 13.0 Å². The van der Waals surface area contributed by atoms with Gasteiger partial charge >= 0.3 is 0 Å². The molecule has 0 unspecified atom stereocenters. The Labute approximate surface area is 82.0 Å². The van der Waals surface area contributed by atoms with E-state index in [2.05, 4.69) is 24.4 Å². The highest BCUT2D eigenvalue weighted by molar-refractivity contribution is 7.17. The predicted octanol–water partition coefficient (Wildman–Crippen LogP) is 3.48. The first-order valence-corrected chi connectivity index (χ1v) is 5.15. The van der Waals surface area contributed by atoms with E-state index in [1.165, 1.54) is 10.1 Å². The highest BCUT2D eigenvalue weighted by Gasteiger charge is 2.00. The Morgan fingerprint density at radius 3 is 3.08 bits per heavy atom. The average Bonchev–Trinajstić information content (AvgIpc) is 2.48. The van der Waals surface area contributed by atoms with E-state index in [4.69, 9.17) is 4.74 Å². The topological polar surface area (TPSA) is 9.23 Å². The van der Waals surface area contributed by atoms with E-state index in [-0.39, 0.29) is 0 Å². The Morgan fingerprint density at radius 1 is 1.46 bits per heavy atom. The van der Waals surface area contributed by atoms with E-state index in [1.54, 1.807) is 11.3 Å². The Morgan fingerprint density at radius 2 is 2.31 bits per heavy atom. The molecule has 0 spiro atoms. The molecule has 1 aromatic carbocycles. The second kappa shape index (κ2) is 3.38. The van der Waals surface area contributed by atoms with Crippen LogP contribution in [-0.4, -0.2) is 6.61 Å². The first-order chi connectivity index (χ1) is 6.31. The summed E-state index contributed by atoms with van der Waals surface area (Å²) in [4.78, 5) is 0. The third-order valence-electron chi connectivity index (χ3n) is 1.94. The van der Waals surface area contributed by atoms with Gasteiger partial charge in [-0.3, -0.25) is 0 Å². The minimum Gasteiger partial charge on any atom is -0.494 e. The van der Waals surface area contributed by atoms with Gasteiger partial charge in [0.15, 0.2) is 0 Å². The first-order valence-electron chi connectivity index (χ1n) is 4.27. The Kier molecular flexibility index (Phi) is 2.23. The summed E-state index contributed by atoms with van der Waals surface area (Å²) >= 11 is 1.71. The van der Waals surface area contributed by atoms with Crippen LogP contribution < -0.4 is 4.74 Å². The first kappa shape index (κ1) is 8.57. The minimum absolute atomic E-state index is 0.716. The molecule has 0 amide bonds. The minimum atomic E-state index is 0.716. The second-order valence-corrected chi connectivity index (χ2v) is 3.76. The summed E-state index contributed by atoms with van der Waals surface area (Å²) in [6, 6.07) is 6.13. The summed E-state index contributed by atoms with van der Waals surface area (Å²) in [7, 11) is 0. The Hall–Kier alpha value is -1.02. The van der Waals surface area contributed by atoms with Crippen molar-refractivity contribution in [3.63, 3.8) is 0 Å². The Balaban J connectivity index is 2.50. The summed E-state index contributed by atoms with van der Waals surface area (Å²) in [5.74, 6) is 0.942. The molecule has 1 radical (unpaired) electrons. The van der Waals surface area contributed by atoms with Crippen molar-refractivity contribution < 1.29 is 4.74 Å². The smallest absolute Gasteiger partial charge is 0.120 e. The molecule has 2 rings (SSSR count). The van der Waals surface area contributed by atoms with Gasteiger partial charge in [-0.1, -0.05) is 0 Å². The van der Waals surface area contributed by atoms with Gasteiger partial charge in [-0.2, -0.15) is 0 Å². The monoisotopic (exact) mass is 191 g/mol. The summed E-state index contributed by atoms with van der Waals surface area (Å²) in [6.07, 6.45) is 0. The van der Waals surface area contributed by atoms with Crippen LogP contribution in [0.4, 0.5) is 0 Å². The molecule has 0 aliphatic carbocycles. The molecule has 0 fully saturated rings. The maximum atomic E-state index is 5.41. The van der Waals surface area contributed by atoms with Crippen molar-refractivity contribution in [2.45, 2.75) is 6.92 Å². The number of hydrogen-bond acceptors (Lipinski definition) is 2. The molecule has 0 saturated carbocycles. The summed E-state index contributed by atoms with van der Waals surface area (Å²) in [5, 5.41) is 3.30. The maximum Gasteiger partial charge on any atom is 0.120 e. The molecular weight excluding hydrogens is 180 g/mol. The molecular formula is C11H11OS. The van der Waals surface area contributed by atoms with Crippen molar-refractivity contribution in [1.82, 2.24) is 0 Å². The van der Waals surface area contributed by atoms with Crippen LogP contribution in [0.25, 0.3) is 10.1 Å². The lowest BCUT2D eigenvalue weighted by atomic mass is 10.2. The number of benzene rings is 1. The lowest BCUT2D eigenvalue weighted by molar-refractivity contribution is 0.341. The highest BCUT2D eigenvalue weighted by Crippen LogP contribution is 2.28. The summed E-state index contributed by atoms with van der Waals surface area (Å²) < 4.78 is 6.66. The van der Waals surface area contributed by atoms with E-state index < -0.39 is 0 Å². The number of hydrogen-bond donors (Lipinski definition) is 0. The fourth-order valence-electron chi connectivity index (χ4n) is 1.32. The van der Waals surface area contributed by atoms with Crippen molar-refractivity contribution in [2.75, 3.05) is 6.61 Å². The fraction of sp³-hybridized carbons (Fsp3) is 0.182. The third kappa shape index (κ3) is 1.54. The quantitative estimate of drug-likeness (QED) is 0.706.